The molecular formula is C15H20BrN3. The molecule has 4 heteroatoms. The second-order valence-corrected chi connectivity index (χ2v) is 6.44. The summed E-state index contributed by atoms with van der Waals surface area (Å²) < 4.78 is 2.86. The number of nitrogens with zero attached hydrogens (tertiary/aromatic N) is 2. The van der Waals surface area contributed by atoms with Gasteiger partial charge in [0.05, 0.1) is 5.52 Å². The molecule has 1 aromatic carbocycles. The molecule has 0 amide bonds. The van der Waals surface area contributed by atoms with Crippen LogP contribution in [0.5, 0.6) is 0 Å². The highest BCUT2D eigenvalue weighted by Crippen LogP contribution is 2.40. The van der Waals surface area contributed by atoms with Crippen LogP contribution < -0.4 is 5.73 Å². The van der Waals surface area contributed by atoms with E-state index in [1.54, 1.807) is 0 Å². The van der Waals surface area contributed by atoms with E-state index in [9.17, 15) is 0 Å². The molecule has 1 heterocycles. The Hall–Kier alpha value is -0.870. The van der Waals surface area contributed by atoms with Gasteiger partial charge in [-0.1, -0.05) is 25.3 Å². The highest BCUT2D eigenvalue weighted by atomic mass is 79.9. The molecule has 1 aliphatic rings. The fraction of sp³-hybridized carbons (Fsp3) is 0.533. The second kappa shape index (κ2) is 4.91. The van der Waals surface area contributed by atoms with Gasteiger partial charge in [-0.2, -0.15) is 5.10 Å². The number of benzene rings is 1. The van der Waals surface area contributed by atoms with Crippen LogP contribution in [0.15, 0.2) is 22.8 Å². The number of rotatable bonds is 2. The summed E-state index contributed by atoms with van der Waals surface area (Å²) in [7, 11) is 1.99. The molecule has 1 fully saturated rings. The van der Waals surface area contributed by atoms with Gasteiger partial charge in [0.25, 0.3) is 0 Å². The maximum atomic E-state index is 6.13. The van der Waals surface area contributed by atoms with Gasteiger partial charge in [-0.15, -0.1) is 0 Å². The minimum absolute atomic E-state index is 0.184. The van der Waals surface area contributed by atoms with Crippen LogP contribution >= 0.6 is 15.9 Å². The fourth-order valence-electron chi connectivity index (χ4n) is 3.38. The number of fused-ring (bicyclic) bond motifs is 1. The van der Waals surface area contributed by atoms with E-state index in [0.29, 0.717) is 0 Å². The Labute approximate surface area is 122 Å². The Morgan fingerprint density at radius 2 is 2.05 bits per heavy atom. The van der Waals surface area contributed by atoms with Gasteiger partial charge in [0.1, 0.15) is 4.60 Å². The first-order valence-corrected chi connectivity index (χ1v) is 7.78. The largest absolute Gasteiger partial charge is 0.330 e. The van der Waals surface area contributed by atoms with Gasteiger partial charge in [-0.3, -0.25) is 4.68 Å². The summed E-state index contributed by atoms with van der Waals surface area (Å²) in [6.07, 6.45) is 6.37. The summed E-state index contributed by atoms with van der Waals surface area (Å²) in [5.41, 5.74) is 8.88. The maximum absolute atomic E-state index is 6.13. The van der Waals surface area contributed by atoms with Crippen LogP contribution in [0.25, 0.3) is 10.9 Å². The minimum atomic E-state index is 0.184. The van der Waals surface area contributed by atoms with Crippen molar-refractivity contribution < 1.29 is 0 Å². The predicted molar refractivity (Wildman–Crippen MR) is 82.2 cm³/mol. The molecule has 102 valence electrons. The van der Waals surface area contributed by atoms with Gasteiger partial charge in [0.15, 0.2) is 0 Å². The monoisotopic (exact) mass is 321 g/mol. The van der Waals surface area contributed by atoms with E-state index in [0.717, 1.165) is 11.1 Å². The van der Waals surface area contributed by atoms with Gasteiger partial charge in [0, 0.05) is 24.4 Å². The van der Waals surface area contributed by atoms with Gasteiger partial charge in [-0.05, 0) is 46.5 Å². The lowest BCUT2D eigenvalue weighted by molar-refractivity contribution is 0.301. The van der Waals surface area contributed by atoms with Crippen molar-refractivity contribution in [3.05, 3.63) is 28.4 Å². The Kier molecular flexibility index (Phi) is 3.39. The van der Waals surface area contributed by atoms with Gasteiger partial charge < -0.3 is 5.73 Å². The van der Waals surface area contributed by atoms with Gasteiger partial charge in [0.2, 0.25) is 0 Å². The molecule has 0 spiro atoms. The van der Waals surface area contributed by atoms with Crippen LogP contribution in [-0.4, -0.2) is 16.3 Å². The Morgan fingerprint density at radius 1 is 1.32 bits per heavy atom. The quantitative estimate of drug-likeness (QED) is 0.920. The first kappa shape index (κ1) is 13.1. The molecule has 0 radical (unpaired) electrons. The average Bonchev–Trinajstić information content (AvgIpc) is 2.74. The number of hydrogen-bond acceptors (Lipinski definition) is 2. The normalized spacial score (nSPS) is 18.9. The third-order valence-corrected chi connectivity index (χ3v) is 5.21. The molecule has 0 unspecified atom stereocenters. The van der Waals surface area contributed by atoms with E-state index in [4.69, 9.17) is 5.73 Å². The standard InChI is InChI=1S/C15H20BrN3/c1-19-13-9-11(5-6-12(13)14(16)18-19)15(10-17)7-3-2-4-8-15/h5-6,9H,2-4,7-8,10,17H2,1H3. The molecule has 0 atom stereocenters. The summed E-state index contributed by atoms with van der Waals surface area (Å²) in [6.45, 7) is 0.748. The Balaban J connectivity index is 2.11. The summed E-state index contributed by atoms with van der Waals surface area (Å²) in [4.78, 5) is 0. The molecule has 1 saturated carbocycles. The van der Waals surface area contributed by atoms with Gasteiger partial charge in [-0.25, -0.2) is 0 Å². The number of nitrogens with two attached hydrogens (primary N) is 1. The van der Waals surface area contributed by atoms with Gasteiger partial charge >= 0.3 is 0 Å². The van der Waals surface area contributed by atoms with Crippen molar-refractivity contribution in [2.24, 2.45) is 12.8 Å². The molecule has 0 bridgehead atoms. The number of halogens is 1. The first-order chi connectivity index (χ1) is 9.16. The van der Waals surface area contributed by atoms with E-state index in [1.165, 1.54) is 48.6 Å². The van der Waals surface area contributed by atoms with E-state index in [1.807, 2.05) is 11.7 Å². The topological polar surface area (TPSA) is 43.8 Å². The molecular weight excluding hydrogens is 302 g/mol. The van der Waals surface area contributed by atoms with Crippen molar-refractivity contribution in [2.75, 3.05) is 6.54 Å². The van der Waals surface area contributed by atoms with Crippen LogP contribution in [-0.2, 0) is 12.5 Å². The first-order valence-electron chi connectivity index (χ1n) is 6.99. The number of aryl methyl sites for hydroxylation is 1. The molecule has 2 aromatic rings. The predicted octanol–water partition coefficient (Wildman–Crippen LogP) is 3.50. The molecule has 19 heavy (non-hydrogen) atoms. The zero-order valence-corrected chi connectivity index (χ0v) is 12.9. The van der Waals surface area contributed by atoms with Crippen LogP contribution in [0.4, 0.5) is 0 Å². The number of hydrogen-bond donors (Lipinski definition) is 1. The van der Waals surface area contributed by atoms with Crippen molar-refractivity contribution in [1.82, 2.24) is 9.78 Å². The molecule has 0 saturated heterocycles. The third kappa shape index (κ3) is 2.11. The van der Waals surface area contributed by atoms with E-state index < -0.39 is 0 Å². The Bertz CT molecular complexity index is 597. The average molecular weight is 322 g/mol. The molecule has 3 nitrogen and oxygen atoms in total. The van der Waals surface area contributed by atoms with E-state index in [-0.39, 0.29) is 5.41 Å². The zero-order chi connectivity index (χ0) is 13.5. The van der Waals surface area contributed by atoms with Crippen molar-refractivity contribution in [1.29, 1.82) is 0 Å². The lowest BCUT2D eigenvalue weighted by atomic mass is 9.69. The molecule has 3 rings (SSSR count). The molecule has 1 aromatic heterocycles. The fourth-order valence-corrected chi connectivity index (χ4v) is 3.96. The van der Waals surface area contributed by atoms with Crippen molar-refractivity contribution in [3.63, 3.8) is 0 Å². The summed E-state index contributed by atoms with van der Waals surface area (Å²) in [6, 6.07) is 6.70. The highest BCUT2D eigenvalue weighted by Gasteiger charge is 2.32. The lowest BCUT2D eigenvalue weighted by Crippen LogP contribution is -2.37. The summed E-state index contributed by atoms with van der Waals surface area (Å²) in [5.74, 6) is 0. The van der Waals surface area contributed by atoms with Crippen LogP contribution in [0, 0.1) is 0 Å². The minimum Gasteiger partial charge on any atom is -0.330 e. The van der Waals surface area contributed by atoms with Crippen molar-refractivity contribution in [2.45, 2.75) is 37.5 Å². The smallest absolute Gasteiger partial charge is 0.135 e. The van der Waals surface area contributed by atoms with Crippen LogP contribution in [0.3, 0.4) is 0 Å². The van der Waals surface area contributed by atoms with Crippen LogP contribution in [0.2, 0.25) is 0 Å². The number of aromatic nitrogens is 2. The Morgan fingerprint density at radius 3 is 2.74 bits per heavy atom. The summed E-state index contributed by atoms with van der Waals surface area (Å²) >= 11 is 3.51. The SMILES string of the molecule is Cn1nc(Br)c2ccc(C3(CN)CCCCC3)cc21. The van der Waals surface area contributed by atoms with Crippen LogP contribution in [0.1, 0.15) is 37.7 Å². The van der Waals surface area contributed by atoms with Crippen molar-refractivity contribution >= 4 is 26.8 Å². The second-order valence-electron chi connectivity index (χ2n) is 5.69. The third-order valence-electron chi connectivity index (χ3n) is 4.62. The summed E-state index contributed by atoms with van der Waals surface area (Å²) in [5, 5.41) is 5.60. The van der Waals surface area contributed by atoms with E-state index in [2.05, 4.69) is 39.2 Å². The molecule has 2 N–H and O–H groups in total. The highest BCUT2D eigenvalue weighted by molar-refractivity contribution is 9.10. The lowest BCUT2D eigenvalue weighted by Gasteiger charge is -2.36. The maximum Gasteiger partial charge on any atom is 0.135 e. The zero-order valence-electron chi connectivity index (χ0n) is 11.3. The molecule has 1 aliphatic carbocycles. The van der Waals surface area contributed by atoms with Crippen molar-refractivity contribution in [3.8, 4) is 0 Å². The molecule has 0 aliphatic heterocycles. The van der Waals surface area contributed by atoms with E-state index >= 15 is 0 Å².